The summed E-state index contributed by atoms with van der Waals surface area (Å²) in [5, 5.41) is 16.3. The lowest BCUT2D eigenvalue weighted by atomic mass is 10.0. The molecular formula is C24H23ClF3N3O4. The van der Waals surface area contributed by atoms with Gasteiger partial charge in [-0.3, -0.25) is 4.79 Å². The van der Waals surface area contributed by atoms with Crippen molar-refractivity contribution in [3.05, 3.63) is 47.0 Å². The van der Waals surface area contributed by atoms with Crippen molar-refractivity contribution in [1.82, 2.24) is 10.1 Å². The van der Waals surface area contributed by atoms with Gasteiger partial charge in [0.25, 0.3) is 5.89 Å². The molecule has 4 rings (SSSR count). The van der Waals surface area contributed by atoms with E-state index in [9.17, 15) is 18.0 Å². The van der Waals surface area contributed by atoms with Gasteiger partial charge in [0, 0.05) is 17.3 Å². The van der Waals surface area contributed by atoms with Gasteiger partial charge in [-0.2, -0.15) is 18.2 Å². The molecule has 1 saturated carbocycles. The molecule has 1 fully saturated rings. The van der Waals surface area contributed by atoms with Crippen LogP contribution in [-0.2, 0) is 11.0 Å². The highest BCUT2D eigenvalue weighted by atomic mass is 35.5. The van der Waals surface area contributed by atoms with E-state index in [-0.39, 0.29) is 35.1 Å². The van der Waals surface area contributed by atoms with Gasteiger partial charge in [0.05, 0.1) is 28.2 Å². The predicted octanol–water partition coefficient (Wildman–Crippen LogP) is 6.53. The summed E-state index contributed by atoms with van der Waals surface area (Å²) in [6.45, 7) is 3.71. The Morgan fingerprint density at radius 1 is 1.23 bits per heavy atom. The Kier molecular flexibility index (Phi) is 6.93. The molecule has 1 aliphatic rings. The Bertz CT molecular complexity index is 1230. The quantitative estimate of drug-likeness (QED) is 0.373. The minimum absolute atomic E-state index is 0.0824. The highest BCUT2D eigenvalue weighted by molar-refractivity contribution is 6.32. The molecular weight excluding hydrogens is 487 g/mol. The van der Waals surface area contributed by atoms with E-state index in [1.54, 1.807) is 18.2 Å². The minimum atomic E-state index is -4.68. The lowest BCUT2D eigenvalue weighted by molar-refractivity contribution is -0.141. The first-order chi connectivity index (χ1) is 16.5. The van der Waals surface area contributed by atoms with E-state index >= 15 is 0 Å². The fourth-order valence-corrected chi connectivity index (χ4v) is 4.29. The van der Waals surface area contributed by atoms with Crippen LogP contribution in [0.15, 0.2) is 40.9 Å². The lowest BCUT2D eigenvalue weighted by Crippen LogP contribution is -2.18. The first kappa shape index (κ1) is 24.8. The average Bonchev–Trinajstić information content (AvgIpc) is 3.44. The second kappa shape index (κ2) is 9.77. The summed E-state index contributed by atoms with van der Waals surface area (Å²) in [5.74, 6) is -1.13. The van der Waals surface area contributed by atoms with E-state index < -0.39 is 23.6 Å². The van der Waals surface area contributed by atoms with Crippen LogP contribution in [-0.4, -0.2) is 33.4 Å². The number of aliphatic carboxylic acids is 1. The van der Waals surface area contributed by atoms with Crippen LogP contribution in [0.2, 0.25) is 5.02 Å². The van der Waals surface area contributed by atoms with Gasteiger partial charge < -0.3 is 19.7 Å². The third kappa shape index (κ3) is 5.70. The lowest BCUT2D eigenvalue weighted by Gasteiger charge is -2.17. The van der Waals surface area contributed by atoms with Crippen LogP contribution in [0.4, 0.5) is 18.9 Å². The van der Waals surface area contributed by atoms with Gasteiger partial charge in [-0.1, -0.05) is 16.8 Å². The van der Waals surface area contributed by atoms with Crippen molar-refractivity contribution in [2.75, 3.05) is 5.32 Å². The first-order valence-electron chi connectivity index (χ1n) is 11.0. The number of carboxylic acid groups (broad SMARTS) is 1. The molecule has 0 aliphatic heterocycles. The van der Waals surface area contributed by atoms with E-state index in [4.69, 9.17) is 26.0 Å². The largest absolute Gasteiger partial charge is 0.489 e. The predicted molar refractivity (Wildman–Crippen MR) is 123 cm³/mol. The van der Waals surface area contributed by atoms with Crippen LogP contribution >= 0.6 is 11.6 Å². The van der Waals surface area contributed by atoms with Crippen LogP contribution < -0.4 is 10.1 Å². The number of rotatable bonds is 7. The Balaban J connectivity index is 1.59. The molecule has 2 aromatic carbocycles. The molecule has 3 aromatic rings. The van der Waals surface area contributed by atoms with E-state index in [1.165, 1.54) is 12.1 Å². The number of nitrogens with zero attached hydrogens (tertiary/aromatic N) is 2. The normalized spacial score (nSPS) is 18.1. The maximum absolute atomic E-state index is 13.9. The Labute approximate surface area is 204 Å². The van der Waals surface area contributed by atoms with Gasteiger partial charge in [0.1, 0.15) is 5.75 Å². The van der Waals surface area contributed by atoms with Gasteiger partial charge in [0.15, 0.2) is 0 Å². The molecule has 2 atom stereocenters. The average molecular weight is 510 g/mol. The summed E-state index contributed by atoms with van der Waals surface area (Å²) in [6.07, 6.45) is -3.36. The van der Waals surface area contributed by atoms with Crippen molar-refractivity contribution < 1.29 is 32.3 Å². The topological polar surface area (TPSA) is 97.5 Å². The van der Waals surface area contributed by atoms with Gasteiger partial charge in [-0.25, -0.2) is 0 Å². The molecule has 11 heteroatoms. The third-order valence-corrected chi connectivity index (χ3v) is 5.98. The van der Waals surface area contributed by atoms with Crippen LogP contribution in [0, 0.1) is 5.92 Å². The summed E-state index contributed by atoms with van der Waals surface area (Å²) in [4.78, 5) is 15.3. The van der Waals surface area contributed by atoms with Crippen LogP contribution in [0.5, 0.6) is 5.75 Å². The second-order valence-electron chi connectivity index (χ2n) is 8.68. The van der Waals surface area contributed by atoms with Crippen LogP contribution in [0.1, 0.15) is 38.7 Å². The monoisotopic (exact) mass is 509 g/mol. The third-order valence-electron chi connectivity index (χ3n) is 5.69. The van der Waals surface area contributed by atoms with E-state index in [0.29, 0.717) is 35.6 Å². The number of hydrogen-bond acceptors (Lipinski definition) is 6. The maximum Gasteiger partial charge on any atom is 0.417 e. The highest BCUT2D eigenvalue weighted by Gasteiger charge is 2.36. The fourth-order valence-electron chi connectivity index (χ4n) is 4.07. The Morgan fingerprint density at radius 3 is 2.63 bits per heavy atom. The zero-order valence-electron chi connectivity index (χ0n) is 18.9. The summed E-state index contributed by atoms with van der Waals surface area (Å²) >= 11 is 6.25. The second-order valence-corrected chi connectivity index (χ2v) is 9.09. The van der Waals surface area contributed by atoms with Crippen molar-refractivity contribution in [3.8, 4) is 28.6 Å². The molecule has 1 aliphatic carbocycles. The number of ether oxygens (including phenoxy) is 1. The van der Waals surface area contributed by atoms with Crippen LogP contribution in [0.3, 0.4) is 0 Å². The molecule has 0 spiro atoms. The molecule has 0 saturated heterocycles. The fraction of sp³-hybridized carbons (Fsp3) is 0.375. The number of carbonyl (C=O) groups is 1. The standard InChI is InChI=1S/C24H23ClF3N3O4/c1-12(2)34-20-8-4-13(10-19(20)25)21-30-22(35-31-21)17-7-6-16(11-18(17)24(26,27)28)29-15-5-3-14(9-15)23(32)33/h4,6-8,10-12,14-15,29H,3,5,9H2,1-2H3,(H,32,33)/t14-,15+/m1/s1. The van der Waals surface area contributed by atoms with Crippen molar-refractivity contribution in [2.45, 2.75) is 51.4 Å². The zero-order valence-corrected chi connectivity index (χ0v) is 19.7. The smallest absolute Gasteiger partial charge is 0.417 e. The molecule has 35 heavy (non-hydrogen) atoms. The molecule has 186 valence electrons. The number of anilines is 1. The van der Waals surface area contributed by atoms with Crippen molar-refractivity contribution in [2.24, 2.45) is 5.92 Å². The van der Waals surface area contributed by atoms with Gasteiger partial charge >= 0.3 is 12.1 Å². The number of alkyl halides is 3. The van der Waals surface area contributed by atoms with Crippen molar-refractivity contribution >= 4 is 23.3 Å². The molecule has 0 amide bonds. The maximum atomic E-state index is 13.9. The van der Waals surface area contributed by atoms with E-state index in [1.807, 2.05) is 13.8 Å². The molecule has 1 aromatic heterocycles. The zero-order chi connectivity index (χ0) is 25.3. The molecule has 0 bridgehead atoms. The Morgan fingerprint density at radius 2 is 2.00 bits per heavy atom. The summed E-state index contributed by atoms with van der Waals surface area (Å²) < 4.78 is 52.5. The summed E-state index contributed by atoms with van der Waals surface area (Å²) in [7, 11) is 0. The number of carboxylic acids is 1. The van der Waals surface area contributed by atoms with E-state index in [2.05, 4.69) is 15.5 Å². The molecule has 1 heterocycles. The number of halogens is 4. The summed E-state index contributed by atoms with van der Waals surface area (Å²) in [6, 6.07) is 8.33. The molecule has 7 nitrogen and oxygen atoms in total. The molecule has 2 N–H and O–H groups in total. The van der Waals surface area contributed by atoms with Gasteiger partial charge in [-0.05, 0) is 69.5 Å². The van der Waals surface area contributed by atoms with Gasteiger partial charge in [-0.15, -0.1) is 0 Å². The number of hydrogen-bond donors (Lipinski definition) is 2. The Hall–Kier alpha value is -3.27. The molecule has 0 radical (unpaired) electrons. The first-order valence-corrected chi connectivity index (χ1v) is 11.4. The number of aromatic nitrogens is 2. The van der Waals surface area contributed by atoms with Crippen molar-refractivity contribution in [3.63, 3.8) is 0 Å². The van der Waals surface area contributed by atoms with E-state index in [0.717, 1.165) is 6.07 Å². The highest BCUT2D eigenvalue weighted by Crippen LogP contribution is 2.40. The number of benzene rings is 2. The van der Waals surface area contributed by atoms with Crippen LogP contribution in [0.25, 0.3) is 22.8 Å². The molecule has 0 unspecified atom stereocenters. The minimum Gasteiger partial charge on any atom is -0.489 e. The number of nitrogens with one attached hydrogen (secondary N) is 1. The van der Waals surface area contributed by atoms with Crippen molar-refractivity contribution in [1.29, 1.82) is 0 Å². The summed E-state index contributed by atoms with van der Waals surface area (Å²) in [5.41, 5.74) is -0.502. The SMILES string of the molecule is CC(C)Oc1ccc(-c2noc(-c3ccc(N[C@H]4CC[C@@H](C(=O)O)C4)cc3C(F)(F)F)n2)cc1Cl. The van der Waals surface area contributed by atoms with Gasteiger partial charge in [0.2, 0.25) is 5.82 Å².